The van der Waals surface area contributed by atoms with E-state index in [0.29, 0.717) is 34.4 Å². The molecule has 0 unspecified atom stereocenters. The van der Waals surface area contributed by atoms with Crippen molar-refractivity contribution in [1.82, 2.24) is 29.5 Å². The van der Waals surface area contributed by atoms with Gasteiger partial charge in [0.05, 0.1) is 33.7 Å². The summed E-state index contributed by atoms with van der Waals surface area (Å²) in [4.78, 5) is 45.7. The van der Waals surface area contributed by atoms with Crippen LogP contribution in [0.1, 0.15) is 15.9 Å². The van der Waals surface area contributed by atoms with Crippen LogP contribution in [0.2, 0.25) is 0 Å². The van der Waals surface area contributed by atoms with Crippen molar-refractivity contribution in [3.63, 3.8) is 0 Å². The number of benzene rings is 13. The van der Waals surface area contributed by atoms with Gasteiger partial charge in [0.25, 0.3) is 6.71 Å². The van der Waals surface area contributed by atoms with E-state index in [1.807, 2.05) is 127 Å². The summed E-state index contributed by atoms with van der Waals surface area (Å²) in [5.74, 6) is 1.58. The fraction of sp³-hybridized carbons (Fsp3) is 0.0115. The summed E-state index contributed by atoms with van der Waals surface area (Å²) >= 11 is 0. The third kappa shape index (κ3) is 10.2. The minimum Gasteiger partial charge on any atom is -0.457 e. The van der Waals surface area contributed by atoms with Crippen molar-refractivity contribution in [3.05, 3.63) is 345 Å². The van der Waals surface area contributed by atoms with Crippen molar-refractivity contribution in [3.8, 4) is 84.9 Å². The Morgan fingerprint density at radius 1 is 0.327 bits per heavy atom. The SMILES string of the molecule is O=C(OCc1ccccc1)c1ccc2c(c1)c1ccccc1n2-c1ccc(-c2nc(-c3ccccc3)cc(-c3ccccc3)n2)cc1-c1nc(-c2ccccc2)nc(-c2cccc(-c3ccc(N4c5ccccc5B5c6ccccc6N(c6ccccc6)c6cccc4c65)cc3)c2)n1. The average molecular weight is 1260 g/mol. The quantitative estimate of drug-likeness (QED) is 0.0825. The van der Waals surface area contributed by atoms with Crippen LogP contribution < -0.4 is 26.2 Å². The molecule has 11 heteroatoms. The van der Waals surface area contributed by atoms with Crippen molar-refractivity contribution < 1.29 is 9.53 Å². The van der Waals surface area contributed by atoms with Gasteiger partial charge >= 0.3 is 5.97 Å². The molecule has 0 bridgehead atoms. The second kappa shape index (κ2) is 24.3. The fourth-order valence-electron chi connectivity index (χ4n) is 14.3. The summed E-state index contributed by atoms with van der Waals surface area (Å²) < 4.78 is 8.14. The molecule has 5 heterocycles. The zero-order valence-corrected chi connectivity index (χ0v) is 52.9. The number of nitrogens with zero attached hydrogens (tertiary/aromatic N) is 8. The number of hydrogen-bond acceptors (Lipinski definition) is 9. The summed E-state index contributed by atoms with van der Waals surface area (Å²) in [5, 5.41) is 1.85. The number of rotatable bonds is 13. The van der Waals surface area contributed by atoms with Crippen LogP contribution in [0, 0.1) is 0 Å². The standard InChI is InChI=1S/C87H57BN8O2/c97-87(98-56-57-24-6-1-7-25-57)65-47-51-76-69(54-65)68-36-16-19-39-75(68)96(76)77-50-46-64(84-89-73(59-26-8-2-9-27-59)55-74(90-84)60-28-10-3-11-29-60)53-70(77)86-92-83(61-30-12-4-13-31-61)91-85(93-86)63-33-22-32-62(52-63)58-44-48-67(49-45-58)95-79-41-21-18-38-72(79)88-71-37-17-20-40-78(71)94(66-34-14-5-15-35-66)80-42-23-43-81(95)82(80)88/h1-55H,56H2. The molecule has 0 saturated carbocycles. The molecular weight excluding hydrogens is 1200 g/mol. The Bertz CT molecular complexity index is 5680. The maximum Gasteiger partial charge on any atom is 0.338 e. The first-order chi connectivity index (χ1) is 48.5. The molecule has 0 aliphatic carbocycles. The number of carbonyl (C=O) groups excluding carboxylic acids is 1. The van der Waals surface area contributed by atoms with E-state index < -0.39 is 5.97 Å². The highest BCUT2D eigenvalue weighted by molar-refractivity contribution is 7.00. The molecule has 0 amide bonds. The number of hydrogen-bond donors (Lipinski definition) is 0. The smallest absolute Gasteiger partial charge is 0.338 e. The molecule has 0 saturated heterocycles. The zero-order valence-electron chi connectivity index (χ0n) is 52.9. The van der Waals surface area contributed by atoms with Gasteiger partial charge in [-0.05, 0) is 136 Å². The molecule has 0 fully saturated rings. The molecule has 98 heavy (non-hydrogen) atoms. The van der Waals surface area contributed by atoms with Gasteiger partial charge in [-0.25, -0.2) is 29.7 Å². The van der Waals surface area contributed by atoms with Crippen LogP contribution in [0.15, 0.2) is 334 Å². The molecule has 2 aliphatic heterocycles. The minimum atomic E-state index is -0.405. The summed E-state index contributed by atoms with van der Waals surface area (Å²) in [7, 11) is 0. The van der Waals surface area contributed by atoms with Gasteiger partial charge in [-0.2, -0.15) is 0 Å². The average Bonchev–Trinajstić information content (AvgIpc) is 0.762. The van der Waals surface area contributed by atoms with E-state index in [1.54, 1.807) is 0 Å². The number of fused-ring (bicyclic) bond motifs is 7. The van der Waals surface area contributed by atoms with Crippen molar-refractivity contribution in [2.24, 2.45) is 0 Å². The normalized spacial score (nSPS) is 12.1. The van der Waals surface area contributed by atoms with Crippen LogP contribution >= 0.6 is 0 Å². The van der Waals surface area contributed by atoms with E-state index in [-0.39, 0.29) is 13.3 Å². The van der Waals surface area contributed by atoms with Crippen LogP contribution in [0.3, 0.4) is 0 Å². The lowest BCUT2D eigenvalue weighted by Gasteiger charge is -2.44. The number of aromatic nitrogens is 6. The summed E-state index contributed by atoms with van der Waals surface area (Å²) in [6, 6.07) is 115. The first-order valence-corrected chi connectivity index (χ1v) is 32.9. The van der Waals surface area contributed by atoms with Crippen molar-refractivity contribution in [2.45, 2.75) is 6.61 Å². The van der Waals surface area contributed by atoms with Gasteiger partial charge in [-0.15, -0.1) is 0 Å². The van der Waals surface area contributed by atoms with Gasteiger partial charge in [0.2, 0.25) is 0 Å². The highest BCUT2D eigenvalue weighted by Crippen LogP contribution is 2.45. The van der Waals surface area contributed by atoms with E-state index in [0.717, 1.165) is 106 Å². The first-order valence-electron chi connectivity index (χ1n) is 32.9. The first kappa shape index (κ1) is 57.5. The molecule has 0 spiro atoms. The Kier molecular flexibility index (Phi) is 14.3. The Hall–Kier alpha value is -13.1. The number of anilines is 6. The van der Waals surface area contributed by atoms with E-state index in [1.165, 1.54) is 27.8 Å². The van der Waals surface area contributed by atoms with Crippen LogP contribution in [0.25, 0.3) is 107 Å². The Labute approximate surface area is 566 Å². The van der Waals surface area contributed by atoms with Gasteiger partial charge in [-0.1, -0.05) is 231 Å². The second-order valence-corrected chi connectivity index (χ2v) is 24.6. The van der Waals surface area contributed by atoms with Crippen LogP contribution in [-0.2, 0) is 11.3 Å². The summed E-state index contributed by atoms with van der Waals surface area (Å²) in [6.07, 6.45) is 0. The summed E-state index contributed by atoms with van der Waals surface area (Å²) in [6.45, 7) is 0.209. The van der Waals surface area contributed by atoms with Crippen LogP contribution in [-0.4, -0.2) is 42.2 Å². The number of esters is 1. The number of carbonyl (C=O) groups is 1. The summed E-state index contributed by atoms with van der Waals surface area (Å²) in [5.41, 5.74) is 23.3. The maximum atomic E-state index is 13.9. The highest BCUT2D eigenvalue weighted by Gasteiger charge is 2.43. The maximum absolute atomic E-state index is 13.9. The van der Waals surface area contributed by atoms with Gasteiger partial charge in [0.15, 0.2) is 23.3 Å². The molecule has 2 aliphatic rings. The van der Waals surface area contributed by atoms with E-state index in [9.17, 15) is 4.79 Å². The largest absolute Gasteiger partial charge is 0.457 e. The van der Waals surface area contributed by atoms with E-state index in [4.69, 9.17) is 29.7 Å². The predicted octanol–water partition coefficient (Wildman–Crippen LogP) is 18.9. The fourth-order valence-corrected chi connectivity index (χ4v) is 14.3. The van der Waals surface area contributed by atoms with E-state index >= 15 is 0 Å². The van der Waals surface area contributed by atoms with Crippen molar-refractivity contribution in [2.75, 3.05) is 9.80 Å². The molecule has 10 nitrogen and oxygen atoms in total. The predicted molar refractivity (Wildman–Crippen MR) is 397 cm³/mol. The van der Waals surface area contributed by atoms with Crippen LogP contribution in [0.5, 0.6) is 0 Å². The monoisotopic (exact) mass is 1260 g/mol. The molecule has 18 rings (SSSR count). The lowest BCUT2D eigenvalue weighted by atomic mass is 9.33. The molecule has 0 N–H and O–H groups in total. The third-order valence-electron chi connectivity index (χ3n) is 18.8. The Morgan fingerprint density at radius 2 is 0.806 bits per heavy atom. The van der Waals surface area contributed by atoms with Crippen LogP contribution in [0.4, 0.5) is 34.1 Å². The van der Waals surface area contributed by atoms with Crippen molar-refractivity contribution in [1.29, 1.82) is 0 Å². The van der Waals surface area contributed by atoms with Gasteiger partial charge in [0.1, 0.15) is 6.61 Å². The molecular formula is C87H57BN8O2. The molecule has 0 radical (unpaired) electrons. The van der Waals surface area contributed by atoms with Gasteiger partial charge in [0, 0.05) is 78.3 Å². The number of para-hydroxylation sites is 4. The van der Waals surface area contributed by atoms with E-state index in [2.05, 4.69) is 221 Å². The molecule has 13 aromatic carbocycles. The highest BCUT2D eigenvalue weighted by atomic mass is 16.5. The topological polar surface area (TPSA) is 102 Å². The van der Waals surface area contributed by atoms with Crippen molar-refractivity contribution >= 4 is 85.0 Å². The molecule has 0 atom stereocenters. The lowest BCUT2D eigenvalue weighted by molar-refractivity contribution is 0.0473. The minimum absolute atomic E-state index is 0.0478. The molecule has 460 valence electrons. The van der Waals surface area contributed by atoms with Gasteiger partial charge < -0.3 is 19.1 Å². The Morgan fingerprint density at radius 3 is 1.47 bits per heavy atom. The third-order valence-corrected chi connectivity index (χ3v) is 18.8. The zero-order chi connectivity index (χ0) is 65.0. The molecule has 16 aromatic rings. The molecule has 3 aromatic heterocycles. The lowest BCUT2D eigenvalue weighted by Crippen LogP contribution is -2.61. The number of ether oxygens (including phenoxy) is 1. The Balaban J connectivity index is 0.776. The second-order valence-electron chi connectivity index (χ2n) is 24.6. The van der Waals surface area contributed by atoms with Gasteiger partial charge in [-0.3, -0.25) is 0 Å².